The summed E-state index contributed by atoms with van der Waals surface area (Å²) in [7, 11) is 0. The van der Waals surface area contributed by atoms with Crippen molar-refractivity contribution in [3.63, 3.8) is 0 Å². The van der Waals surface area contributed by atoms with Crippen molar-refractivity contribution in [1.29, 1.82) is 0 Å². The lowest BCUT2D eigenvalue weighted by Gasteiger charge is -2.58. The zero-order chi connectivity index (χ0) is 27.3. The number of ether oxygens (including phenoxy) is 2. The van der Waals surface area contributed by atoms with E-state index in [1.165, 1.54) is 37.3 Å². The van der Waals surface area contributed by atoms with Gasteiger partial charge in [0.05, 0.1) is 6.42 Å². The Morgan fingerprint density at radius 2 is 1.66 bits per heavy atom. The summed E-state index contributed by atoms with van der Waals surface area (Å²) in [5.74, 6) is 0.690. The molecule has 0 aromatic carbocycles. The van der Waals surface area contributed by atoms with Gasteiger partial charge < -0.3 is 14.4 Å². The predicted molar refractivity (Wildman–Crippen MR) is 146 cm³/mol. The average Bonchev–Trinajstić information content (AvgIpc) is 3.17. The van der Waals surface area contributed by atoms with Gasteiger partial charge in [0.1, 0.15) is 6.10 Å². The van der Waals surface area contributed by atoms with E-state index < -0.39 is 5.60 Å². The molecule has 1 aliphatic heterocycles. The first kappa shape index (κ1) is 27.6. The fraction of sp³-hybridized carbons (Fsp3) is 0.781. The van der Waals surface area contributed by atoms with Crippen molar-refractivity contribution >= 4 is 17.7 Å². The number of fused-ring (bicyclic) bond motifs is 5. The number of carbonyl (C=O) groups excluding carboxylic acids is 3. The van der Waals surface area contributed by atoms with Gasteiger partial charge in [-0.2, -0.15) is 0 Å². The summed E-state index contributed by atoms with van der Waals surface area (Å²) in [6, 6.07) is 0. The van der Waals surface area contributed by atoms with Crippen molar-refractivity contribution < 1.29 is 23.9 Å². The number of rotatable bonds is 6. The van der Waals surface area contributed by atoms with Crippen LogP contribution in [0.25, 0.3) is 0 Å². The zero-order valence-electron chi connectivity index (χ0n) is 24.1. The molecule has 0 aromatic rings. The zero-order valence-corrected chi connectivity index (χ0v) is 24.1. The van der Waals surface area contributed by atoms with E-state index in [-0.39, 0.29) is 34.7 Å². The van der Waals surface area contributed by atoms with Crippen molar-refractivity contribution in [3.8, 4) is 0 Å². The predicted octanol–water partition coefficient (Wildman–Crippen LogP) is 5.79. The molecule has 6 heteroatoms. The van der Waals surface area contributed by atoms with Crippen LogP contribution in [0.3, 0.4) is 0 Å². The molecule has 38 heavy (non-hydrogen) atoms. The minimum Gasteiger partial charge on any atom is -0.458 e. The Morgan fingerprint density at radius 3 is 2.34 bits per heavy atom. The van der Waals surface area contributed by atoms with E-state index in [1.54, 1.807) is 6.92 Å². The number of nitrogens with zero attached hydrogens (tertiary/aromatic N) is 1. The minimum atomic E-state index is -1.01. The van der Waals surface area contributed by atoms with Crippen LogP contribution < -0.4 is 0 Å². The lowest BCUT2D eigenvalue weighted by Crippen LogP contribution is -2.58. The molecule has 2 saturated carbocycles. The van der Waals surface area contributed by atoms with Gasteiger partial charge in [0.2, 0.25) is 0 Å². The Morgan fingerprint density at radius 1 is 0.947 bits per heavy atom. The number of allylic oxidation sites excluding steroid dienone is 3. The van der Waals surface area contributed by atoms with E-state index >= 15 is 0 Å². The number of carbonyl (C=O) groups is 3. The molecule has 7 atom stereocenters. The van der Waals surface area contributed by atoms with Crippen molar-refractivity contribution in [2.24, 2.45) is 28.6 Å². The molecule has 0 unspecified atom stereocenters. The number of hydrogen-bond acceptors (Lipinski definition) is 6. The summed E-state index contributed by atoms with van der Waals surface area (Å²) >= 11 is 0. The van der Waals surface area contributed by atoms with Gasteiger partial charge in [-0.1, -0.05) is 31.9 Å². The topological polar surface area (TPSA) is 72.9 Å². The van der Waals surface area contributed by atoms with Crippen molar-refractivity contribution in [2.75, 3.05) is 19.6 Å². The van der Waals surface area contributed by atoms with E-state index in [4.69, 9.17) is 9.47 Å². The van der Waals surface area contributed by atoms with Gasteiger partial charge in [0, 0.05) is 18.9 Å². The number of ketones is 1. The molecule has 3 fully saturated rings. The van der Waals surface area contributed by atoms with E-state index in [0.717, 1.165) is 51.7 Å². The molecule has 0 radical (unpaired) electrons. The smallest absolute Gasteiger partial charge is 0.307 e. The number of Topliss-reactive ketones (excluding diaryl/α,β-unsaturated/α-hetero) is 1. The van der Waals surface area contributed by atoms with Gasteiger partial charge >= 0.3 is 11.9 Å². The fourth-order valence-corrected chi connectivity index (χ4v) is 9.37. The molecule has 1 heterocycles. The molecule has 0 aromatic heterocycles. The largest absolute Gasteiger partial charge is 0.458 e. The highest BCUT2D eigenvalue weighted by Crippen LogP contribution is 2.68. The van der Waals surface area contributed by atoms with Crippen LogP contribution in [0.4, 0.5) is 0 Å². The number of esters is 2. The normalized spacial score (nSPS) is 40.7. The van der Waals surface area contributed by atoms with Gasteiger partial charge in [0.25, 0.3) is 0 Å². The Hall–Kier alpha value is -1.95. The van der Waals surface area contributed by atoms with Crippen LogP contribution in [0.15, 0.2) is 23.3 Å². The first-order chi connectivity index (χ1) is 18.0. The second kappa shape index (κ2) is 10.2. The third-order valence-electron chi connectivity index (χ3n) is 11.3. The molecular formula is C32H47NO5. The summed E-state index contributed by atoms with van der Waals surface area (Å²) in [6.07, 6.45) is 14.0. The maximum absolute atomic E-state index is 13.0. The summed E-state index contributed by atoms with van der Waals surface area (Å²) < 4.78 is 11.9. The molecule has 5 aliphatic rings. The lowest BCUT2D eigenvalue weighted by atomic mass is 9.47. The first-order valence-electron chi connectivity index (χ1n) is 15.0. The Bertz CT molecular complexity index is 1040. The summed E-state index contributed by atoms with van der Waals surface area (Å²) in [4.78, 5) is 40.2. The number of piperidine rings is 1. The third-order valence-corrected chi connectivity index (χ3v) is 11.3. The Kier molecular flexibility index (Phi) is 7.43. The monoisotopic (exact) mass is 525 g/mol. The second-order valence-electron chi connectivity index (χ2n) is 13.3. The van der Waals surface area contributed by atoms with Crippen LogP contribution in [0.5, 0.6) is 0 Å². The molecule has 0 N–H and O–H groups in total. The molecule has 0 spiro atoms. The Balaban J connectivity index is 1.34. The van der Waals surface area contributed by atoms with Gasteiger partial charge in [0.15, 0.2) is 11.4 Å². The molecule has 6 nitrogen and oxygen atoms in total. The van der Waals surface area contributed by atoms with Crippen LogP contribution >= 0.6 is 0 Å². The second-order valence-corrected chi connectivity index (χ2v) is 13.3. The number of likely N-dealkylation sites (tertiary alicyclic amines) is 1. The maximum atomic E-state index is 13.0. The van der Waals surface area contributed by atoms with Crippen LogP contribution in [-0.2, 0) is 23.9 Å². The first-order valence-corrected chi connectivity index (χ1v) is 15.0. The summed E-state index contributed by atoms with van der Waals surface area (Å²) in [5, 5.41) is 0. The van der Waals surface area contributed by atoms with E-state index in [0.29, 0.717) is 30.6 Å². The molecule has 210 valence electrons. The minimum absolute atomic E-state index is 0.0120. The quantitative estimate of drug-likeness (QED) is 0.409. The average molecular weight is 526 g/mol. The maximum Gasteiger partial charge on any atom is 0.307 e. The Labute approximate surface area is 228 Å². The lowest BCUT2D eigenvalue weighted by molar-refractivity contribution is -0.185. The van der Waals surface area contributed by atoms with E-state index in [2.05, 4.69) is 37.8 Å². The van der Waals surface area contributed by atoms with Gasteiger partial charge in [-0.15, -0.1) is 0 Å². The van der Waals surface area contributed by atoms with Gasteiger partial charge in [-0.3, -0.25) is 14.4 Å². The third kappa shape index (κ3) is 4.49. The fourth-order valence-electron chi connectivity index (χ4n) is 9.37. The highest BCUT2D eigenvalue weighted by atomic mass is 16.6. The number of hydrogen-bond donors (Lipinski definition) is 0. The van der Waals surface area contributed by atoms with Crippen molar-refractivity contribution in [2.45, 2.75) is 111 Å². The van der Waals surface area contributed by atoms with E-state index in [9.17, 15) is 14.4 Å². The standard InChI is InChI=1S/C32H47NO5/c1-21-19-25-26(10-14-31(5)27(25)11-15-32(31,22(2)34)38-23(3)35)30(4)13-9-24(20-28(21)30)37-29(36)12-18-33-16-7-6-8-17-33/h19-20,24-27H,6-18H2,1-5H3/t24-,25+,26-,27+,30+,31-,32-/m0/s1. The van der Waals surface area contributed by atoms with Gasteiger partial charge in [-0.05, 0) is 113 Å². The summed E-state index contributed by atoms with van der Waals surface area (Å²) in [5.41, 5.74) is 1.30. The molecule has 0 amide bonds. The highest BCUT2D eigenvalue weighted by molar-refractivity contribution is 5.89. The van der Waals surface area contributed by atoms with Crippen LogP contribution in [0.2, 0.25) is 0 Å². The molecular weight excluding hydrogens is 478 g/mol. The van der Waals surface area contributed by atoms with Gasteiger partial charge in [-0.25, -0.2) is 0 Å². The molecule has 4 aliphatic carbocycles. The van der Waals surface area contributed by atoms with Crippen molar-refractivity contribution in [3.05, 3.63) is 23.3 Å². The molecule has 1 saturated heterocycles. The molecule has 0 bridgehead atoms. The summed E-state index contributed by atoms with van der Waals surface area (Å²) in [6.45, 7) is 12.8. The van der Waals surface area contributed by atoms with Crippen LogP contribution in [0, 0.1) is 28.6 Å². The van der Waals surface area contributed by atoms with Crippen molar-refractivity contribution in [1.82, 2.24) is 4.90 Å². The van der Waals surface area contributed by atoms with Crippen LogP contribution in [-0.4, -0.2) is 54.0 Å². The highest BCUT2D eigenvalue weighted by Gasteiger charge is 2.67. The van der Waals surface area contributed by atoms with Crippen LogP contribution in [0.1, 0.15) is 98.8 Å². The van der Waals surface area contributed by atoms with E-state index in [1.807, 2.05) is 0 Å². The SMILES string of the molecule is CC(=O)O[C@]1(C(C)=O)CC[C@@H]2[C@@H]3C=C(C)C4=C[C@@H](OC(=O)CCN5CCCCC5)CC[C@]4(C)[C@H]3CC[C@@]21C. The molecule has 5 rings (SSSR count).